The number of nitrogens with two attached hydrogens (primary N) is 2. The molecule has 4 N–H and O–H groups in total. The SMILES string of the molecule is CC(C)(C)OC(=O)N1CCC2(CC1)CC(C)(n1cnc3ccc(Oc4c(F)ccc(N)c4C#N)c(N)c3c1=O)CO2. The summed E-state index contributed by atoms with van der Waals surface area (Å²) in [4.78, 5) is 32.5. The number of anilines is 2. The lowest BCUT2D eigenvalue weighted by atomic mass is 9.82. The molecule has 41 heavy (non-hydrogen) atoms. The first-order valence-corrected chi connectivity index (χ1v) is 13.3. The molecule has 216 valence electrons. The molecule has 1 aromatic heterocycles. The molecule has 0 radical (unpaired) electrons. The number of nitrogens with zero attached hydrogens (tertiary/aromatic N) is 4. The van der Waals surface area contributed by atoms with Crippen LogP contribution in [0.4, 0.5) is 20.6 Å². The van der Waals surface area contributed by atoms with E-state index in [0.29, 0.717) is 37.9 Å². The van der Waals surface area contributed by atoms with Crippen LogP contribution in [0, 0.1) is 17.1 Å². The van der Waals surface area contributed by atoms with Gasteiger partial charge in [0.15, 0.2) is 17.3 Å². The van der Waals surface area contributed by atoms with Gasteiger partial charge in [-0.1, -0.05) is 0 Å². The lowest BCUT2D eigenvalue weighted by molar-refractivity contribution is -0.0490. The number of carbonyl (C=O) groups is 1. The van der Waals surface area contributed by atoms with E-state index in [1.165, 1.54) is 23.0 Å². The second-order valence-corrected chi connectivity index (χ2v) is 12.0. The lowest BCUT2D eigenvalue weighted by Crippen LogP contribution is -2.48. The topological polar surface area (TPSA) is 159 Å². The molecule has 3 aromatic rings. The van der Waals surface area contributed by atoms with Crippen LogP contribution in [0.1, 0.15) is 52.5 Å². The molecule has 5 rings (SSSR count). The number of nitrogen functional groups attached to an aromatic ring is 2. The Balaban J connectivity index is 1.42. The molecule has 2 saturated heterocycles. The highest BCUT2D eigenvalue weighted by atomic mass is 19.1. The Morgan fingerprint density at radius 2 is 1.90 bits per heavy atom. The van der Waals surface area contributed by atoms with Crippen molar-refractivity contribution < 1.29 is 23.4 Å². The van der Waals surface area contributed by atoms with Gasteiger partial charge < -0.3 is 30.6 Å². The van der Waals surface area contributed by atoms with Crippen LogP contribution in [0.5, 0.6) is 11.5 Å². The van der Waals surface area contributed by atoms with E-state index in [1.54, 1.807) is 11.0 Å². The minimum atomic E-state index is -0.794. The van der Waals surface area contributed by atoms with E-state index in [-0.39, 0.29) is 46.5 Å². The molecule has 2 aliphatic rings. The van der Waals surface area contributed by atoms with Crippen LogP contribution in [-0.2, 0) is 15.0 Å². The third kappa shape index (κ3) is 5.13. The van der Waals surface area contributed by atoms with Crippen molar-refractivity contribution in [2.45, 2.75) is 63.7 Å². The molecule has 0 aliphatic carbocycles. The van der Waals surface area contributed by atoms with Crippen LogP contribution < -0.4 is 21.8 Å². The highest BCUT2D eigenvalue weighted by Crippen LogP contribution is 2.44. The third-order valence-electron chi connectivity index (χ3n) is 7.69. The van der Waals surface area contributed by atoms with E-state index in [2.05, 4.69) is 4.98 Å². The Morgan fingerprint density at radius 3 is 2.56 bits per heavy atom. The zero-order chi connectivity index (χ0) is 29.7. The summed E-state index contributed by atoms with van der Waals surface area (Å²) in [6, 6.07) is 7.21. The second kappa shape index (κ2) is 9.92. The molecule has 1 atom stereocenters. The van der Waals surface area contributed by atoms with Crippen molar-refractivity contribution in [2.75, 3.05) is 31.2 Å². The van der Waals surface area contributed by atoms with Crippen LogP contribution in [0.2, 0.25) is 0 Å². The number of hydrogen-bond donors (Lipinski definition) is 2. The van der Waals surface area contributed by atoms with E-state index < -0.39 is 28.1 Å². The van der Waals surface area contributed by atoms with E-state index in [4.69, 9.17) is 25.7 Å². The maximum absolute atomic E-state index is 14.6. The predicted molar refractivity (Wildman–Crippen MR) is 150 cm³/mol. The van der Waals surface area contributed by atoms with E-state index in [0.717, 1.165) is 6.07 Å². The second-order valence-electron chi connectivity index (χ2n) is 12.0. The Hall–Kier alpha value is -4.37. The monoisotopic (exact) mass is 564 g/mol. The first kappa shape index (κ1) is 28.2. The summed E-state index contributed by atoms with van der Waals surface area (Å²) in [5.41, 5.74) is 10.2. The molecule has 0 bridgehead atoms. The summed E-state index contributed by atoms with van der Waals surface area (Å²) in [6.07, 6.45) is 2.87. The summed E-state index contributed by atoms with van der Waals surface area (Å²) in [5, 5.41) is 9.56. The number of carbonyl (C=O) groups excluding carboxylic acids is 1. The van der Waals surface area contributed by atoms with Gasteiger partial charge >= 0.3 is 6.09 Å². The van der Waals surface area contributed by atoms with Crippen molar-refractivity contribution in [1.29, 1.82) is 5.26 Å². The maximum Gasteiger partial charge on any atom is 0.410 e. The molecule has 2 aliphatic heterocycles. The fourth-order valence-corrected chi connectivity index (χ4v) is 5.59. The van der Waals surface area contributed by atoms with Crippen molar-refractivity contribution in [3.05, 3.63) is 52.3 Å². The Bertz CT molecular complexity index is 1630. The van der Waals surface area contributed by atoms with Crippen molar-refractivity contribution in [1.82, 2.24) is 14.5 Å². The van der Waals surface area contributed by atoms with Gasteiger partial charge in [-0.2, -0.15) is 5.26 Å². The van der Waals surface area contributed by atoms with Gasteiger partial charge in [0.25, 0.3) is 5.56 Å². The number of aromatic nitrogens is 2. The van der Waals surface area contributed by atoms with Crippen molar-refractivity contribution in [2.24, 2.45) is 0 Å². The molecule has 2 aromatic carbocycles. The number of amides is 1. The van der Waals surface area contributed by atoms with Gasteiger partial charge in [0.2, 0.25) is 0 Å². The predicted octanol–water partition coefficient (Wildman–Crippen LogP) is 4.27. The number of ether oxygens (including phenoxy) is 3. The molecule has 1 spiro atoms. The maximum atomic E-state index is 14.6. The highest BCUT2D eigenvalue weighted by Gasteiger charge is 2.50. The average molecular weight is 565 g/mol. The average Bonchev–Trinajstić information content (AvgIpc) is 3.23. The number of rotatable bonds is 3. The molecule has 1 unspecified atom stereocenters. The number of benzene rings is 2. The van der Waals surface area contributed by atoms with Crippen LogP contribution in [0.15, 0.2) is 35.4 Å². The van der Waals surface area contributed by atoms with Gasteiger partial charge in [-0.05, 0) is 64.8 Å². The van der Waals surface area contributed by atoms with Crippen LogP contribution in [0.3, 0.4) is 0 Å². The third-order valence-corrected chi connectivity index (χ3v) is 7.69. The minimum absolute atomic E-state index is 0.00559. The summed E-state index contributed by atoms with van der Waals surface area (Å²) in [7, 11) is 0. The van der Waals surface area contributed by atoms with Crippen LogP contribution >= 0.6 is 0 Å². The normalized spacial score (nSPS) is 20.2. The van der Waals surface area contributed by atoms with Gasteiger partial charge in [0, 0.05) is 19.5 Å². The number of piperidine rings is 1. The molecule has 2 fully saturated rings. The van der Waals surface area contributed by atoms with Gasteiger partial charge in [-0.25, -0.2) is 14.2 Å². The standard InChI is InChI=1S/C29H33FN6O5/c1-27(2,3)41-26(38)35-11-9-29(10-12-35)14-28(4,15-39-29)36-16-34-20-7-8-21(23(33)22(20)25(36)37)40-24-17(13-31)19(32)6-5-18(24)30/h5-8,16H,9-12,14-15,32-33H2,1-4H3. The zero-order valence-electron chi connectivity index (χ0n) is 23.5. The number of hydrogen-bond acceptors (Lipinski definition) is 9. The van der Waals surface area contributed by atoms with Crippen molar-refractivity contribution in [3.63, 3.8) is 0 Å². The molecule has 11 nitrogen and oxygen atoms in total. The number of fused-ring (bicyclic) bond motifs is 1. The van der Waals surface area contributed by atoms with Crippen molar-refractivity contribution >= 4 is 28.4 Å². The van der Waals surface area contributed by atoms with Gasteiger partial charge in [0.1, 0.15) is 17.2 Å². The molecular formula is C29H33FN6O5. The first-order chi connectivity index (χ1) is 19.3. The summed E-state index contributed by atoms with van der Waals surface area (Å²) in [6.45, 7) is 8.65. The van der Waals surface area contributed by atoms with Crippen molar-refractivity contribution in [3.8, 4) is 17.6 Å². The van der Waals surface area contributed by atoms with E-state index >= 15 is 0 Å². The number of likely N-dealkylation sites (tertiary alicyclic amines) is 1. The van der Waals surface area contributed by atoms with Crippen LogP contribution in [0.25, 0.3) is 10.9 Å². The van der Waals surface area contributed by atoms with Crippen LogP contribution in [-0.4, -0.2) is 51.4 Å². The molecular weight excluding hydrogens is 531 g/mol. The summed E-state index contributed by atoms with van der Waals surface area (Å²) in [5.74, 6) is -1.18. The lowest BCUT2D eigenvalue weighted by Gasteiger charge is -2.39. The minimum Gasteiger partial charge on any atom is -0.451 e. The van der Waals surface area contributed by atoms with Gasteiger partial charge in [-0.15, -0.1) is 0 Å². The Labute approximate surface area is 236 Å². The number of halogens is 1. The van der Waals surface area contributed by atoms with Gasteiger partial charge in [-0.3, -0.25) is 9.36 Å². The van der Waals surface area contributed by atoms with Gasteiger partial charge in [0.05, 0.1) is 46.4 Å². The largest absolute Gasteiger partial charge is 0.451 e. The van der Waals surface area contributed by atoms with E-state index in [1.807, 2.05) is 33.8 Å². The summed E-state index contributed by atoms with van der Waals surface area (Å²) < 4.78 is 33.6. The smallest absolute Gasteiger partial charge is 0.410 e. The molecule has 3 heterocycles. The molecule has 0 saturated carbocycles. The first-order valence-electron chi connectivity index (χ1n) is 13.3. The summed E-state index contributed by atoms with van der Waals surface area (Å²) >= 11 is 0. The fourth-order valence-electron chi connectivity index (χ4n) is 5.59. The molecule has 12 heteroatoms. The number of nitriles is 1. The fraction of sp³-hybridized carbons (Fsp3) is 0.448. The Morgan fingerprint density at radius 1 is 1.20 bits per heavy atom. The quantitative estimate of drug-likeness (QED) is 0.443. The zero-order valence-corrected chi connectivity index (χ0v) is 23.5. The van der Waals surface area contributed by atoms with E-state index in [9.17, 15) is 19.2 Å². The highest BCUT2D eigenvalue weighted by molar-refractivity contribution is 5.93. The molecule has 1 amide bonds. The Kier molecular flexibility index (Phi) is 6.82.